The topological polar surface area (TPSA) is 73.1 Å². The molecule has 0 radical (unpaired) electrons. The van der Waals surface area contributed by atoms with E-state index in [1.54, 1.807) is 18.5 Å². The number of fused-ring (bicyclic) bond motifs is 1. The normalized spacial score (nSPS) is 17.6. The van der Waals surface area contributed by atoms with E-state index in [1.165, 1.54) is 12.8 Å². The van der Waals surface area contributed by atoms with Crippen LogP contribution in [0, 0.1) is 12.8 Å². The minimum Gasteiger partial charge on any atom is -0.492 e. The Labute approximate surface area is 169 Å². The highest BCUT2D eigenvalue weighted by Crippen LogP contribution is 2.31. The molecule has 0 atom stereocenters. The SMILES string of the molecule is Cc1cc(=O)n(C2CCCC2)c2nc(N3CC(COc4cccnc4)C3)ncc12. The molecule has 5 rings (SSSR count). The van der Waals surface area contributed by atoms with Gasteiger partial charge in [-0.3, -0.25) is 14.3 Å². The van der Waals surface area contributed by atoms with Crippen LogP contribution < -0.4 is 15.2 Å². The Morgan fingerprint density at radius 3 is 2.79 bits per heavy atom. The Morgan fingerprint density at radius 2 is 2.03 bits per heavy atom. The molecule has 3 aromatic heterocycles. The molecule has 0 spiro atoms. The number of pyridine rings is 2. The molecule has 0 unspecified atom stereocenters. The summed E-state index contributed by atoms with van der Waals surface area (Å²) >= 11 is 0. The zero-order chi connectivity index (χ0) is 19.8. The minimum atomic E-state index is 0.0536. The predicted molar refractivity (Wildman–Crippen MR) is 111 cm³/mol. The van der Waals surface area contributed by atoms with E-state index >= 15 is 0 Å². The first-order valence-electron chi connectivity index (χ1n) is 10.4. The van der Waals surface area contributed by atoms with E-state index in [1.807, 2.05) is 29.8 Å². The molecule has 150 valence electrons. The zero-order valence-electron chi connectivity index (χ0n) is 16.6. The summed E-state index contributed by atoms with van der Waals surface area (Å²) in [6.45, 7) is 4.32. The first-order chi connectivity index (χ1) is 14.2. The summed E-state index contributed by atoms with van der Waals surface area (Å²) in [6.07, 6.45) is 9.79. The van der Waals surface area contributed by atoms with Gasteiger partial charge in [-0.1, -0.05) is 12.8 Å². The van der Waals surface area contributed by atoms with E-state index in [4.69, 9.17) is 9.72 Å². The molecule has 7 nitrogen and oxygen atoms in total. The summed E-state index contributed by atoms with van der Waals surface area (Å²) in [6, 6.07) is 5.77. The average Bonchev–Trinajstić information content (AvgIpc) is 3.21. The third kappa shape index (κ3) is 3.45. The van der Waals surface area contributed by atoms with Crippen LogP contribution in [-0.2, 0) is 0 Å². The summed E-state index contributed by atoms with van der Waals surface area (Å²) < 4.78 is 7.71. The third-order valence-corrected chi connectivity index (χ3v) is 6.04. The molecular formula is C22H25N5O2. The third-order valence-electron chi connectivity index (χ3n) is 6.04. The van der Waals surface area contributed by atoms with Gasteiger partial charge in [-0.2, -0.15) is 4.98 Å². The van der Waals surface area contributed by atoms with Gasteiger partial charge >= 0.3 is 0 Å². The van der Waals surface area contributed by atoms with Gasteiger partial charge in [-0.25, -0.2) is 4.98 Å². The monoisotopic (exact) mass is 391 g/mol. The molecule has 1 saturated carbocycles. The van der Waals surface area contributed by atoms with Crippen LogP contribution >= 0.6 is 0 Å². The molecule has 0 aromatic carbocycles. The maximum Gasteiger partial charge on any atom is 0.252 e. The molecule has 0 N–H and O–H groups in total. The first-order valence-corrected chi connectivity index (χ1v) is 10.4. The van der Waals surface area contributed by atoms with Gasteiger partial charge in [0.05, 0.1) is 12.8 Å². The summed E-state index contributed by atoms with van der Waals surface area (Å²) in [5, 5.41) is 0.970. The number of anilines is 1. The second-order valence-corrected chi connectivity index (χ2v) is 8.15. The highest BCUT2D eigenvalue weighted by molar-refractivity contribution is 5.79. The van der Waals surface area contributed by atoms with Crippen molar-refractivity contribution in [2.45, 2.75) is 38.6 Å². The number of hydrogen-bond donors (Lipinski definition) is 0. The smallest absolute Gasteiger partial charge is 0.252 e. The minimum absolute atomic E-state index is 0.0536. The van der Waals surface area contributed by atoms with Crippen molar-refractivity contribution in [3.8, 4) is 5.75 Å². The number of hydrogen-bond acceptors (Lipinski definition) is 6. The second-order valence-electron chi connectivity index (χ2n) is 8.15. The highest BCUT2D eigenvalue weighted by atomic mass is 16.5. The Morgan fingerprint density at radius 1 is 1.21 bits per heavy atom. The number of nitrogens with zero attached hydrogens (tertiary/aromatic N) is 5. The van der Waals surface area contributed by atoms with Crippen molar-refractivity contribution in [3.63, 3.8) is 0 Å². The van der Waals surface area contributed by atoms with Crippen molar-refractivity contribution in [2.24, 2.45) is 5.92 Å². The van der Waals surface area contributed by atoms with Gasteiger partial charge in [-0.05, 0) is 37.5 Å². The predicted octanol–water partition coefficient (Wildman–Crippen LogP) is 3.13. The molecule has 4 heterocycles. The molecule has 7 heteroatoms. The molecule has 1 aliphatic carbocycles. The van der Waals surface area contributed by atoms with Crippen LogP contribution in [0.5, 0.6) is 5.75 Å². The van der Waals surface area contributed by atoms with E-state index < -0.39 is 0 Å². The largest absolute Gasteiger partial charge is 0.492 e. The fraction of sp³-hybridized carbons (Fsp3) is 0.455. The molecule has 1 saturated heterocycles. The lowest BCUT2D eigenvalue weighted by Gasteiger charge is -2.39. The lowest BCUT2D eigenvalue weighted by molar-refractivity contribution is 0.219. The quantitative estimate of drug-likeness (QED) is 0.665. The van der Waals surface area contributed by atoms with Gasteiger partial charge < -0.3 is 9.64 Å². The summed E-state index contributed by atoms with van der Waals surface area (Å²) in [7, 11) is 0. The van der Waals surface area contributed by atoms with Gasteiger partial charge in [0.1, 0.15) is 11.4 Å². The van der Waals surface area contributed by atoms with Gasteiger partial charge in [0.2, 0.25) is 5.95 Å². The Balaban J connectivity index is 1.35. The van der Waals surface area contributed by atoms with Gasteiger partial charge in [0.15, 0.2) is 0 Å². The molecule has 2 aliphatic rings. The number of aromatic nitrogens is 4. The Hall–Kier alpha value is -2.96. The van der Waals surface area contributed by atoms with Crippen molar-refractivity contribution >= 4 is 17.0 Å². The fourth-order valence-electron chi connectivity index (χ4n) is 4.42. The molecular weight excluding hydrogens is 366 g/mol. The van der Waals surface area contributed by atoms with Crippen molar-refractivity contribution < 1.29 is 4.74 Å². The van der Waals surface area contributed by atoms with Crippen molar-refractivity contribution in [2.75, 3.05) is 24.6 Å². The van der Waals surface area contributed by atoms with Crippen LogP contribution in [0.25, 0.3) is 11.0 Å². The summed E-state index contributed by atoms with van der Waals surface area (Å²) in [5.41, 5.74) is 1.78. The van der Waals surface area contributed by atoms with Crippen LogP contribution in [0.3, 0.4) is 0 Å². The Bertz CT molecular complexity index is 1070. The van der Waals surface area contributed by atoms with E-state index in [-0.39, 0.29) is 11.6 Å². The standard InChI is InChI=1S/C22H25N5O2/c1-15-9-20(28)27(17-5-2-3-6-17)21-19(15)11-24-22(25-21)26-12-16(13-26)14-29-18-7-4-8-23-10-18/h4,7-11,16-17H,2-3,5-6,12-14H2,1H3. The van der Waals surface area contributed by atoms with Crippen molar-refractivity contribution in [1.29, 1.82) is 0 Å². The first kappa shape index (κ1) is 18.1. The molecule has 1 aliphatic heterocycles. The number of ether oxygens (including phenoxy) is 1. The van der Waals surface area contributed by atoms with Crippen LogP contribution in [-0.4, -0.2) is 39.2 Å². The van der Waals surface area contributed by atoms with Crippen molar-refractivity contribution in [1.82, 2.24) is 19.5 Å². The fourth-order valence-corrected chi connectivity index (χ4v) is 4.42. The van der Waals surface area contributed by atoms with Crippen LogP contribution in [0.1, 0.15) is 37.3 Å². The lowest BCUT2D eigenvalue weighted by Crippen LogP contribution is -2.50. The van der Waals surface area contributed by atoms with E-state index in [2.05, 4.69) is 14.9 Å². The summed E-state index contributed by atoms with van der Waals surface area (Å²) in [5.74, 6) is 1.93. The van der Waals surface area contributed by atoms with E-state index in [0.717, 1.165) is 48.3 Å². The van der Waals surface area contributed by atoms with Gasteiger partial charge in [-0.15, -0.1) is 0 Å². The highest BCUT2D eigenvalue weighted by Gasteiger charge is 2.30. The second kappa shape index (κ2) is 7.46. The van der Waals surface area contributed by atoms with Gasteiger partial charge in [0, 0.05) is 48.9 Å². The number of aryl methyl sites for hydroxylation is 1. The van der Waals surface area contributed by atoms with Crippen LogP contribution in [0.2, 0.25) is 0 Å². The van der Waals surface area contributed by atoms with Crippen LogP contribution in [0.15, 0.2) is 41.6 Å². The van der Waals surface area contributed by atoms with E-state index in [0.29, 0.717) is 18.5 Å². The molecule has 2 fully saturated rings. The van der Waals surface area contributed by atoms with Crippen molar-refractivity contribution in [3.05, 3.63) is 52.7 Å². The van der Waals surface area contributed by atoms with Gasteiger partial charge in [0.25, 0.3) is 5.56 Å². The molecule has 0 bridgehead atoms. The Kier molecular flexibility index (Phi) is 4.66. The average molecular weight is 391 g/mol. The van der Waals surface area contributed by atoms with Crippen LogP contribution in [0.4, 0.5) is 5.95 Å². The van der Waals surface area contributed by atoms with E-state index in [9.17, 15) is 4.79 Å². The molecule has 29 heavy (non-hydrogen) atoms. The molecule has 0 amide bonds. The number of rotatable bonds is 5. The zero-order valence-corrected chi connectivity index (χ0v) is 16.6. The lowest BCUT2D eigenvalue weighted by atomic mass is 10.0. The maximum absolute atomic E-state index is 12.7. The maximum atomic E-state index is 12.7. The summed E-state index contributed by atoms with van der Waals surface area (Å²) in [4.78, 5) is 28.4. The molecule has 3 aromatic rings.